The molecule has 2 fully saturated rings. The van der Waals surface area contributed by atoms with Crippen molar-refractivity contribution in [1.82, 2.24) is 20.4 Å². The van der Waals surface area contributed by atoms with E-state index < -0.39 is 17.5 Å². The molecular formula is C29H32N4O4. The first-order valence-electron chi connectivity index (χ1n) is 12.7. The number of para-hydroxylation sites is 1. The lowest BCUT2D eigenvalue weighted by Crippen LogP contribution is -2.45. The van der Waals surface area contributed by atoms with E-state index in [0.717, 1.165) is 52.9 Å². The topological polar surface area (TPSA) is 91.0 Å². The molecule has 37 heavy (non-hydrogen) atoms. The molecule has 2 aliphatic heterocycles. The van der Waals surface area contributed by atoms with Crippen molar-refractivity contribution >= 4 is 28.6 Å². The van der Waals surface area contributed by atoms with E-state index >= 15 is 0 Å². The molecular weight excluding hydrogens is 468 g/mol. The lowest BCUT2D eigenvalue weighted by molar-refractivity contribution is -0.134. The number of methoxy groups -OCH3 is 1. The molecule has 192 valence electrons. The minimum absolute atomic E-state index is 0.0615. The molecule has 0 radical (unpaired) electrons. The standard InChI is InChI=1S/C29H32N4O4/c1-29(22-14-13-20-9-3-4-10-21(20)17-22)27(35)33(28(36)31-29)19-26(34)30-18-24(32-15-7-8-16-32)23-11-5-6-12-25(23)37-2/h3-6,9-14,17,24H,7-8,15-16,18-19H2,1-2H3,(H,30,34)(H,31,36)/t24-,29+/m0/s1. The van der Waals surface area contributed by atoms with E-state index in [9.17, 15) is 14.4 Å². The summed E-state index contributed by atoms with van der Waals surface area (Å²) in [6.45, 7) is 3.57. The van der Waals surface area contributed by atoms with Crippen LogP contribution in [0.3, 0.4) is 0 Å². The molecule has 2 atom stereocenters. The van der Waals surface area contributed by atoms with E-state index in [4.69, 9.17) is 4.74 Å². The Morgan fingerprint density at radius 1 is 1.03 bits per heavy atom. The predicted octanol–water partition coefficient (Wildman–Crippen LogP) is 3.57. The van der Waals surface area contributed by atoms with Crippen LogP contribution >= 0.6 is 0 Å². The maximum absolute atomic E-state index is 13.4. The number of ether oxygens (including phenoxy) is 1. The molecule has 4 amide bonds. The first-order valence-corrected chi connectivity index (χ1v) is 12.7. The highest BCUT2D eigenvalue weighted by atomic mass is 16.5. The summed E-state index contributed by atoms with van der Waals surface area (Å²) in [6, 6.07) is 20.7. The van der Waals surface area contributed by atoms with Gasteiger partial charge >= 0.3 is 6.03 Å². The van der Waals surface area contributed by atoms with Crippen LogP contribution in [0.15, 0.2) is 66.7 Å². The highest BCUT2D eigenvalue weighted by molar-refractivity contribution is 6.09. The van der Waals surface area contributed by atoms with Gasteiger partial charge in [-0.15, -0.1) is 0 Å². The highest BCUT2D eigenvalue weighted by Crippen LogP contribution is 2.32. The molecule has 8 nitrogen and oxygen atoms in total. The van der Waals surface area contributed by atoms with E-state index in [1.807, 2.05) is 66.7 Å². The Kier molecular flexibility index (Phi) is 6.84. The summed E-state index contributed by atoms with van der Waals surface area (Å²) in [5.41, 5.74) is 0.445. The number of nitrogens with zero attached hydrogens (tertiary/aromatic N) is 2. The third-order valence-corrected chi connectivity index (χ3v) is 7.48. The van der Waals surface area contributed by atoms with Gasteiger partial charge in [0.25, 0.3) is 5.91 Å². The van der Waals surface area contributed by atoms with Crippen LogP contribution in [0.1, 0.15) is 36.9 Å². The van der Waals surface area contributed by atoms with Crippen molar-refractivity contribution in [2.45, 2.75) is 31.3 Å². The average molecular weight is 501 g/mol. The van der Waals surface area contributed by atoms with E-state index in [0.29, 0.717) is 12.1 Å². The minimum Gasteiger partial charge on any atom is -0.496 e. The smallest absolute Gasteiger partial charge is 0.325 e. The fourth-order valence-electron chi connectivity index (χ4n) is 5.38. The van der Waals surface area contributed by atoms with E-state index in [2.05, 4.69) is 15.5 Å². The number of hydrogen-bond acceptors (Lipinski definition) is 5. The Labute approximate surface area is 216 Å². The summed E-state index contributed by atoms with van der Waals surface area (Å²) in [5.74, 6) is -0.0528. The number of likely N-dealkylation sites (tertiary alicyclic amines) is 1. The molecule has 0 aromatic heterocycles. The van der Waals surface area contributed by atoms with Gasteiger partial charge in [0, 0.05) is 12.1 Å². The van der Waals surface area contributed by atoms with Crippen molar-refractivity contribution in [3.8, 4) is 5.75 Å². The van der Waals surface area contributed by atoms with Crippen molar-refractivity contribution in [3.63, 3.8) is 0 Å². The summed E-state index contributed by atoms with van der Waals surface area (Å²) in [7, 11) is 1.64. The molecule has 2 saturated heterocycles. The zero-order valence-electron chi connectivity index (χ0n) is 21.2. The van der Waals surface area contributed by atoms with Crippen LogP contribution in [-0.2, 0) is 15.1 Å². The summed E-state index contributed by atoms with van der Waals surface area (Å²) >= 11 is 0. The summed E-state index contributed by atoms with van der Waals surface area (Å²) in [4.78, 5) is 42.5. The van der Waals surface area contributed by atoms with E-state index in [1.54, 1.807) is 14.0 Å². The van der Waals surface area contributed by atoms with Gasteiger partial charge in [0.15, 0.2) is 0 Å². The SMILES string of the molecule is COc1ccccc1[C@H](CNC(=O)CN1C(=O)N[C@](C)(c2ccc3ccccc3c2)C1=O)N1CCCC1. The lowest BCUT2D eigenvalue weighted by atomic mass is 9.90. The molecule has 0 unspecified atom stereocenters. The monoisotopic (exact) mass is 500 g/mol. The Balaban J connectivity index is 1.29. The average Bonchev–Trinajstić information content (AvgIpc) is 3.52. The number of carbonyl (C=O) groups is 3. The van der Waals surface area contributed by atoms with Crippen LogP contribution in [0.25, 0.3) is 10.8 Å². The number of carbonyl (C=O) groups excluding carboxylic acids is 3. The summed E-state index contributed by atoms with van der Waals surface area (Å²) < 4.78 is 5.57. The number of benzene rings is 3. The first-order chi connectivity index (χ1) is 17.9. The Hall–Kier alpha value is -3.91. The zero-order chi connectivity index (χ0) is 26.0. The fraction of sp³-hybridized carbons (Fsp3) is 0.345. The molecule has 8 heteroatoms. The molecule has 2 aliphatic rings. The van der Waals surface area contributed by atoms with Gasteiger partial charge in [-0.25, -0.2) is 4.79 Å². The zero-order valence-corrected chi connectivity index (χ0v) is 21.2. The molecule has 0 spiro atoms. The van der Waals surface area contributed by atoms with Gasteiger partial charge in [-0.1, -0.05) is 54.6 Å². The van der Waals surface area contributed by atoms with Crippen molar-refractivity contribution in [2.75, 3.05) is 33.3 Å². The maximum Gasteiger partial charge on any atom is 0.325 e. The fourth-order valence-corrected chi connectivity index (χ4v) is 5.38. The van der Waals surface area contributed by atoms with E-state index in [-0.39, 0.29) is 18.5 Å². The minimum atomic E-state index is -1.24. The normalized spacial score (nSPS) is 20.8. The largest absolute Gasteiger partial charge is 0.496 e. The van der Waals surface area contributed by atoms with Gasteiger partial charge < -0.3 is 15.4 Å². The summed E-state index contributed by atoms with van der Waals surface area (Å²) in [6.07, 6.45) is 2.21. The van der Waals surface area contributed by atoms with Crippen molar-refractivity contribution in [1.29, 1.82) is 0 Å². The van der Waals surface area contributed by atoms with Crippen molar-refractivity contribution in [3.05, 3.63) is 77.9 Å². The van der Waals surface area contributed by atoms with Gasteiger partial charge in [-0.3, -0.25) is 19.4 Å². The quantitative estimate of drug-likeness (QED) is 0.462. The first kappa shape index (κ1) is 24.8. The Morgan fingerprint density at radius 3 is 2.49 bits per heavy atom. The highest BCUT2D eigenvalue weighted by Gasteiger charge is 2.49. The maximum atomic E-state index is 13.4. The van der Waals surface area contributed by atoms with Crippen molar-refractivity contribution < 1.29 is 19.1 Å². The second-order valence-corrected chi connectivity index (χ2v) is 9.81. The second kappa shape index (κ2) is 10.2. The number of fused-ring (bicyclic) bond motifs is 1. The second-order valence-electron chi connectivity index (χ2n) is 9.81. The predicted molar refractivity (Wildman–Crippen MR) is 141 cm³/mol. The number of nitrogens with one attached hydrogen (secondary N) is 2. The molecule has 5 rings (SSSR count). The van der Waals surface area contributed by atoms with E-state index in [1.165, 1.54) is 0 Å². The molecule has 0 saturated carbocycles. The summed E-state index contributed by atoms with van der Waals surface area (Å²) in [5, 5.41) is 7.78. The molecule has 3 aromatic carbocycles. The number of hydrogen-bond donors (Lipinski definition) is 2. The number of rotatable bonds is 8. The molecule has 0 bridgehead atoms. The number of urea groups is 1. The molecule has 2 N–H and O–H groups in total. The van der Waals surface area contributed by atoms with Crippen LogP contribution in [0.2, 0.25) is 0 Å². The van der Waals surface area contributed by atoms with Crippen LogP contribution in [0, 0.1) is 0 Å². The number of amides is 4. The Morgan fingerprint density at radius 2 is 1.73 bits per heavy atom. The number of imide groups is 1. The van der Waals surface area contributed by atoms with Crippen LogP contribution in [0.5, 0.6) is 5.75 Å². The molecule has 2 heterocycles. The van der Waals surface area contributed by atoms with Gasteiger partial charge in [-0.2, -0.15) is 0 Å². The molecule has 3 aromatic rings. The van der Waals surface area contributed by atoms with Gasteiger partial charge in [0.2, 0.25) is 5.91 Å². The van der Waals surface area contributed by atoms with Crippen LogP contribution < -0.4 is 15.4 Å². The van der Waals surface area contributed by atoms with Gasteiger partial charge in [0.1, 0.15) is 17.8 Å². The molecule has 0 aliphatic carbocycles. The van der Waals surface area contributed by atoms with Crippen LogP contribution in [-0.4, -0.2) is 60.9 Å². The Bertz CT molecular complexity index is 1340. The van der Waals surface area contributed by atoms with Gasteiger partial charge in [-0.05, 0) is 61.3 Å². The third-order valence-electron chi connectivity index (χ3n) is 7.48. The van der Waals surface area contributed by atoms with Crippen molar-refractivity contribution in [2.24, 2.45) is 0 Å². The van der Waals surface area contributed by atoms with Crippen LogP contribution in [0.4, 0.5) is 4.79 Å². The lowest BCUT2D eigenvalue weighted by Gasteiger charge is -2.29. The van der Waals surface area contributed by atoms with Gasteiger partial charge in [0.05, 0.1) is 13.2 Å². The third kappa shape index (κ3) is 4.76.